The van der Waals surface area contributed by atoms with Gasteiger partial charge in [0.1, 0.15) is 6.61 Å². The number of amides is 1. The summed E-state index contributed by atoms with van der Waals surface area (Å²) in [5.74, 6) is -0.150. The Bertz CT molecular complexity index is 229. The van der Waals surface area contributed by atoms with Crippen LogP contribution in [0.4, 0.5) is 0 Å². The number of carbonyl (C=O) groups is 2. The second-order valence-corrected chi connectivity index (χ2v) is 3.47. The van der Waals surface area contributed by atoms with Crippen molar-refractivity contribution in [3.63, 3.8) is 0 Å². The number of hydrogen-bond donors (Lipinski definition) is 0. The highest BCUT2D eigenvalue weighted by Crippen LogP contribution is 2.03. The van der Waals surface area contributed by atoms with E-state index in [1.165, 1.54) is 7.11 Å². The SMILES string of the molecule is COC(=O)CCCCN1CCOCC1=O. The molecule has 1 amide bonds. The van der Waals surface area contributed by atoms with Crippen molar-refractivity contribution in [2.75, 3.05) is 33.4 Å². The fourth-order valence-electron chi connectivity index (χ4n) is 1.46. The zero-order valence-electron chi connectivity index (χ0n) is 9.03. The average Bonchev–Trinajstić information content (AvgIpc) is 2.26. The van der Waals surface area contributed by atoms with Gasteiger partial charge in [-0.25, -0.2) is 0 Å². The average molecular weight is 215 g/mol. The van der Waals surface area contributed by atoms with Crippen molar-refractivity contribution < 1.29 is 19.1 Å². The van der Waals surface area contributed by atoms with Gasteiger partial charge in [0, 0.05) is 19.5 Å². The molecule has 1 rings (SSSR count). The molecule has 0 aromatic rings. The Labute approximate surface area is 89.3 Å². The van der Waals surface area contributed by atoms with E-state index in [1.807, 2.05) is 0 Å². The van der Waals surface area contributed by atoms with Crippen LogP contribution in [0, 0.1) is 0 Å². The van der Waals surface area contributed by atoms with Crippen molar-refractivity contribution in [1.29, 1.82) is 0 Å². The molecule has 0 spiro atoms. The maximum atomic E-state index is 11.3. The standard InChI is InChI=1S/C10H17NO4/c1-14-10(13)4-2-3-5-11-6-7-15-8-9(11)12/h2-8H2,1H3. The first-order chi connectivity index (χ1) is 7.24. The second-order valence-electron chi connectivity index (χ2n) is 3.47. The third-order valence-electron chi connectivity index (χ3n) is 2.37. The lowest BCUT2D eigenvalue weighted by Gasteiger charge is -2.26. The first-order valence-electron chi connectivity index (χ1n) is 5.16. The molecule has 86 valence electrons. The highest BCUT2D eigenvalue weighted by atomic mass is 16.5. The van der Waals surface area contributed by atoms with Gasteiger partial charge in [0.25, 0.3) is 0 Å². The van der Waals surface area contributed by atoms with E-state index in [4.69, 9.17) is 4.74 Å². The lowest BCUT2D eigenvalue weighted by Crippen LogP contribution is -2.42. The zero-order chi connectivity index (χ0) is 11.1. The normalized spacial score (nSPS) is 16.6. The fourth-order valence-corrected chi connectivity index (χ4v) is 1.46. The van der Waals surface area contributed by atoms with E-state index < -0.39 is 0 Å². The molecule has 0 radical (unpaired) electrons. The number of hydrogen-bond acceptors (Lipinski definition) is 4. The summed E-state index contributed by atoms with van der Waals surface area (Å²) >= 11 is 0. The minimum atomic E-state index is -0.191. The number of rotatable bonds is 5. The van der Waals surface area contributed by atoms with Gasteiger partial charge in [0.15, 0.2) is 0 Å². The quantitative estimate of drug-likeness (QED) is 0.485. The van der Waals surface area contributed by atoms with Crippen LogP contribution in [0.2, 0.25) is 0 Å². The smallest absolute Gasteiger partial charge is 0.305 e. The Balaban J connectivity index is 2.08. The molecule has 0 saturated carbocycles. The van der Waals surface area contributed by atoms with Crippen molar-refractivity contribution in [2.24, 2.45) is 0 Å². The summed E-state index contributed by atoms with van der Waals surface area (Å²) in [6.45, 7) is 2.18. The predicted octanol–water partition coefficient (Wildman–Crippen LogP) is 0.188. The van der Waals surface area contributed by atoms with Crippen molar-refractivity contribution in [3.8, 4) is 0 Å². The maximum absolute atomic E-state index is 11.3. The van der Waals surface area contributed by atoms with Gasteiger partial charge in [-0.2, -0.15) is 0 Å². The molecule has 1 fully saturated rings. The molecule has 1 saturated heterocycles. The Morgan fingerprint density at radius 3 is 3.00 bits per heavy atom. The molecular weight excluding hydrogens is 198 g/mol. The topological polar surface area (TPSA) is 55.8 Å². The van der Waals surface area contributed by atoms with Crippen molar-refractivity contribution >= 4 is 11.9 Å². The van der Waals surface area contributed by atoms with Gasteiger partial charge in [-0.15, -0.1) is 0 Å². The fraction of sp³-hybridized carbons (Fsp3) is 0.800. The first kappa shape index (κ1) is 12.0. The minimum absolute atomic E-state index is 0.0410. The Morgan fingerprint density at radius 2 is 2.33 bits per heavy atom. The van der Waals surface area contributed by atoms with Crippen LogP contribution in [-0.4, -0.2) is 50.2 Å². The van der Waals surface area contributed by atoms with Gasteiger partial charge < -0.3 is 14.4 Å². The van der Waals surface area contributed by atoms with E-state index in [9.17, 15) is 9.59 Å². The van der Waals surface area contributed by atoms with Gasteiger partial charge in [-0.1, -0.05) is 0 Å². The van der Waals surface area contributed by atoms with E-state index in [0.29, 0.717) is 26.1 Å². The lowest BCUT2D eigenvalue weighted by molar-refractivity contribution is -0.142. The van der Waals surface area contributed by atoms with Crippen LogP contribution in [0.25, 0.3) is 0 Å². The molecule has 0 unspecified atom stereocenters. The molecule has 0 aromatic heterocycles. The third-order valence-corrected chi connectivity index (χ3v) is 2.37. The summed E-state index contributed by atoms with van der Waals surface area (Å²) in [5.41, 5.74) is 0. The Hall–Kier alpha value is -1.10. The van der Waals surface area contributed by atoms with Crippen LogP contribution in [0.3, 0.4) is 0 Å². The second kappa shape index (κ2) is 6.40. The summed E-state index contributed by atoms with van der Waals surface area (Å²) in [7, 11) is 1.38. The monoisotopic (exact) mass is 215 g/mol. The van der Waals surface area contributed by atoms with Crippen LogP contribution < -0.4 is 0 Å². The molecule has 15 heavy (non-hydrogen) atoms. The molecule has 5 heteroatoms. The van der Waals surface area contributed by atoms with Crippen molar-refractivity contribution in [2.45, 2.75) is 19.3 Å². The highest BCUT2D eigenvalue weighted by Gasteiger charge is 2.17. The number of morpholine rings is 1. The molecule has 1 aliphatic rings. The minimum Gasteiger partial charge on any atom is -0.469 e. The van der Waals surface area contributed by atoms with Crippen molar-refractivity contribution in [3.05, 3.63) is 0 Å². The highest BCUT2D eigenvalue weighted by molar-refractivity contribution is 5.77. The summed E-state index contributed by atoms with van der Waals surface area (Å²) in [6, 6.07) is 0. The number of methoxy groups -OCH3 is 1. The number of nitrogens with zero attached hydrogens (tertiary/aromatic N) is 1. The molecule has 0 aliphatic carbocycles. The molecule has 5 nitrogen and oxygen atoms in total. The number of carbonyl (C=O) groups excluding carboxylic acids is 2. The van der Waals surface area contributed by atoms with Crippen LogP contribution in [0.5, 0.6) is 0 Å². The van der Waals surface area contributed by atoms with Gasteiger partial charge in [-0.3, -0.25) is 9.59 Å². The van der Waals surface area contributed by atoms with Gasteiger partial charge in [-0.05, 0) is 12.8 Å². The third kappa shape index (κ3) is 4.29. The van der Waals surface area contributed by atoms with Gasteiger partial charge >= 0.3 is 5.97 Å². The summed E-state index contributed by atoms with van der Waals surface area (Å²) in [5, 5.41) is 0. The molecule has 0 N–H and O–H groups in total. The van der Waals surface area contributed by atoms with Crippen LogP contribution >= 0.6 is 0 Å². The summed E-state index contributed by atoms with van der Waals surface area (Å²) in [6.07, 6.45) is 2.02. The Kier molecular flexibility index (Phi) is 5.10. The van der Waals surface area contributed by atoms with Crippen molar-refractivity contribution in [1.82, 2.24) is 4.90 Å². The largest absolute Gasteiger partial charge is 0.469 e. The van der Waals surface area contributed by atoms with Gasteiger partial charge in [0.2, 0.25) is 5.91 Å². The molecule has 1 aliphatic heterocycles. The van der Waals surface area contributed by atoms with Crippen LogP contribution in [-0.2, 0) is 19.1 Å². The van der Waals surface area contributed by atoms with E-state index in [2.05, 4.69) is 4.74 Å². The van der Waals surface area contributed by atoms with E-state index in [1.54, 1.807) is 4.90 Å². The Morgan fingerprint density at radius 1 is 1.53 bits per heavy atom. The molecular formula is C10H17NO4. The molecule has 0 aromatic carbocycles. The van der Waals surface area contributed by atoms with E-state index >= 15 is 0 Å². The summed E-state index contributed by atoms with van der Waals surface area (Å²) in [4.78, 5) is 23.9. The number of unbranched alkanes of at least 4 members (excludes halogenated alkanes) is 1. The van der Waals surface area contributed by atoms with Gasteiger partial charge in [0.05, 0.1) is 13.7 Å². The molecule has 1 heterocycles. The van der Waals surface area contributed by atoms with Crippen LogP contribution in [0.15, 0.2) is 0 Å². The molecule has 0 atom stereocenters. The van der Waals surface area contributed by atoms with Crippen LogP contribution in [0.1, 0.15) is 19.3 Å². The zero-order valence-corrected chi connectivity index (χ0v) is 9.03. The summed E-state index contributed by atoms with van der Waals surface area (Å²) < 4.78 is 9.53. The maximum Gasteiger partial charge on any atom is 0.305 e. The number of esters is 1. The lowest BCUT2D eigenvalue weighted by atomic mass is 10.2. The predicted molar refractivity (Wildman–Crippen MR) is 53.3 cm³/mol. The molecule has 0 bridgehead atoms. The number of ether oxygens (including phenoxy) is 2. The van der Waals surface area contributed by atoms with E-state index in [-0.39, 0.29) is 18.5 Å². The van der Waals surface area contributed by atoms with E-state index in [0.717, 1.165) is 12.8 Å². The first-order valence-corrected chi connectivity index (χ1v) is 5.16.